The molecule has 0 aliphatic rings. The summed E-state index contributed by atoms with van der Waals surface area (Å²) in [5.74, 6) is 0.0493. The molecule has 0 saturated carbocycles. The quantitative estimate of drug-likeness (QED) is 0.638. The molecule has 16 heavy (non-hydrogen) atoms. The van der Waals surface area contributed by atoms with Gasteiger partial charge in [-0.1, -0.05) is 13.8 Å². The van der Waals surface area contributed by atoms with Gasteiger partial charge in [-0.05, 0) is 19.8 Å². The Kier molecular flexibility index (Phi) is 8.21. The molecule has 0 heterocycles. The maximum Gasteiger partial charge on any atom is 0.251 e. The minimum atomic E-state index is -0.377. The number of ether oxygens (including phenoxy) is 2. The molecular weight excluding hydrogens is 206 g/mol. The molecule has 0 bridgehead atoms. The highest BCUT2D eigenvalue weighted by atomic mass is 16.5. The Morgan fingerprint density at radius 1 is 1.25 bits per heavy atom. The van der Waals surface area contributed by atoms with Crippen LogP contribution in [0.4, 0.5) is 0 Å². The van der Waals surface area contributed by atoms with E-state index in [0.717, 1.165) is 12.8 Å². The van der Waals surface area contributed by atoms with Crippen LogP contribution in [0.2, 0.25) is 0 Å². The molecule has 0 spiro atoms. The Bertz CT molecular complexity index is 193. The second kappa shape index (κ2) is 8.53. The van der Waals surface area contributed by atoms with Gasteiger partial charge >= 0.3 is 0 Å². The lowest BCUT2D eigenvalue weighted by atomic mass is 10.1. The minimum Gasteiger partial charge on any atom is -0.383 e. The number of hydrogen-bond donors (Lipinski definition) is 0. The monoisotopic (exact) mass is 231 g/mol. The zero-order valence-corrected chi connectivity index (χ0v) is 11.2. The van der Waals surface area contributed by atoms with Crippen molar-refractivity contribution in [3.8, 4) is 0 Å². The number of hydrogen-bond acceptors (Lipinski definition) is 3. The molecule has 1 amide bonds. The van der Waals surface area contributed by atoms with Gasteiger partial charge in [-0.15, -0.1) is 0 Å². The van der Waals surface area contributed by atoms with Gasteiger partial charge in [0.15, 0.2) is 0 Å². The van der Waals surface area contributed by atoms with Gasteiger partial charge in [0.1, 0.15) is 6.10 Å². The Labute approximate surface area is 98.9 Å². The van der Waals surface area contributed by atoms with Gasteiger partial charge in [-0.3, -0.25) is 4.79 Å². The highest BCUT2D eigenvalue weighted by Crippen LogP contribution is 2.11. The first-order valence-electron chi connectivity index (χ1n) is 5.94. The SMILES string of the molecule is CCC(CC)N(CCOC)C(=O)C(C)OC. The Hall–Kier alpha value is -0.610. The fourth-order valence-electron chi connectivity index (χ4n) is 1.73. The van der Waals surface area contributed by atoms with E-state index in [1.165, 1.54) is 0 Å². The maximum absolute atomic E-state index is 12.1. The van der Waals surface area contributed by atoms with E-state index in [-0.39, 0.29) is 18.1 Å². The average Bonchev–Trinajstić information content (AvgIpc) is 2.32. The second-order valence-electron chi connectivity index (χ2n) is 3.87. The topological polar surface area (TPSA) is 38.8 Å². The lowest BCUT2D eigenvalue weighted by Crippen LogP contribution is -2.46. The van der Waals surface area contributed by atoms with Crippen LogP contribution in [0.3, 0.4) is 0 Å². The molecule has 0 aromatic carbocycles. The van der Waals surface area contributed by atoms with Crippen molar-refractivity contribution in [3.05, 3.63) is 0 Å². The Balaban J connectivity index is 4.56. The highest BCUT2D eigenvalue weighted by molar-refractivity contribution is 5.80. The Morgan fingerprint density at radius 3 is 2.19 bits per heavy atom. The van der Waals surface area contributed by atoms with Gasteiger partial charge in [0.25, 0.3) is 5.91 Å². The zero-order valence-electron chi connectivity index (χ0n) is 11.2. The summed E-state index contributed by atoms with van der Waals surface area (Å²) in [4.78, 5) is 14.0. The van der Waals surface area contributed by atoms with Crippen molar-refractivity contribution < 1.29 is 14.3 Å². The molecule has 0 N–H and O–H groups in total. The number of methoxy groups -OCH3 is 2. The molecule has 0 rings (SSSR count). The van der Waals surface area contributed by atoms with Crippen molar-refractivity contribution in [2.24, 2.45) is 0 Å². The number of nitrogens with zero attached hydrogens (tertiary/aromatic N) is 1. The van der Waals surface area contributed by atoms with E-state index < -0.39 is 0 Å². The molecule has 0 aromatic rings. The van der Waals surface area contributed by atoms with Crippen LogP contribution in [0, 0.1) is 0 Å². The molecule has 4 heteroatoms. The van der Waals surface area contributed by atoms with Crippen LogP contribution in [-0.4, -0.2) is 50.3 Å². The predicted octanol–water partition coefficient (Wildman–Crippen LogP) is 1.68. The first-order valence-corrected chi connectivity index (χ1v) is 5.94. The second-order valence-corrected chi connectivity index (χ2v) is 3.87. The summed E-state index contributed by atoms with van der Waals surface area (Å²) in [6, 6.07) is 0.278. The summed E-state index contributed by atoms with van der Waals surface area (Å²) in [7, 11) is 3.21. The highest BCUT2D eigenvalue weighted by Gasteiger charge is 2.24. The lowest BCUT2D eigenvalue weighted by molar-refractivity contribution is -0.144. The van der Waals surface area contributed by atoms with E-state index in [0.29, 0.717) is 13.2 Å². The van der Waals surface area contributed by atoms with Gasteiger partial charge < -0.3 is 14.4 Å². The fourth-order valence-corrected chi connectivity index (χ4v) is 1.73. The first-order chi connectivity index (χ1) is 7.62. The molecule has 0 fully saturated rings. The van der Waals surface area contributed by atoms with Crippen LogP contribution >= 0.6 is 0 Å². The van der Waals surface area contributed by atoms with Crippen LogP contribution in [0.1, 0.15) is 33.6 Å². The lowest BCUT2D eigenvalue weighted by Gasteiger charge is -2.32. The predicted molar refractivity (Wildman–Crippen MR) is 64.4 cm³/mol. The molecule has 0 saturated heterocycles. The summed E-state index contributed by atoms with van der Waals surface area (Å²) in [5.41, 5.74) is 0. The molecule has 0 aromatic heterocycles. The molecule has 0 aliphatic heterocycles. The van der Waals surface area contributed by atoms with Gasteiger partial charge in [0.2, 0.25) is 0 Å². The molecule has 4 nitrogen and oxygen atoms in total. The largest absolute Gasteiger partial charge is 0.383 e. The number of carbonyl (C=O) groups is 1. The van der Waals surface area contributed by atoms with Crippen molar-refractivity contribution in [1.82, 2.24) is 4.90 Å². The number of amides is 1. The van der Waals surface area contributed by atoms with E-state index in [4.69, 9.17) is 9.47 Å². The summed E-state index contributed by atoms with van der Waals surface area (Å²) >= 11 is 0. The standard InChI is InChI=1S/C12H25NO3/c1-6-11(7-2)13(8-9-15-4)12(14)10(3)16-5/h10-11H,6-9H2,1-5H3. The third kappa shape index (κ3) is 4.49. The third-order valence-corrected chi connectivity index (χ3v) is 2.90. The summed E-state index contributed by atoms with van der Waals surface area (Å²) in [6.45, 7) is 7.18. The molecular formula is C12H25NO3. The van der Waals surface area contributed by atoms with Crippen LogP contribution in [-0.2, 0) is 14.3 Å². The third-order valence-electron chi connectivity index (χ3n) is 2.90. The maximum atomic E-state index is 12.1. The zero-order chi connectivity index (χ0) is 12.6. The molecule has 0 aliphatic carbocycles. The normalized spacial score (nSPS) is 12.9. The van der Waals surface area contributed by atoms with Crippen LogP contribution < -0.4 is 0 Å². The van der Waals surface area contributed by atoms with Gasteiger partial charge in [0.05, 0.1) is 6.61 Å². The van der Waals surface area contributed by atoms with E-state index in [9.17, 15) is 4.79 Å². The van der Waals surface area contributed by atoms with Crippen molar-refractivity contribution >= 4 is 5.91 Å². The first kappa shape index (κ1) is 15.4. The summed E-state index contributed by atoms with van der Waals surface area (Å²) in [5, 5.41) is 0. The minimum absolute atomic E-state index is 0.0493. The number of carbonyl (C=O) groups excluding carboxylic acids is 1. The van der Waals surface area contributed by atoms with Gasteiger partial charge in [-0.25, -0.2) is 0 Å². The van der Waals surface area contributed by atoms with E-state index in [2.05, 4.69) is 13.8 Å². The molecule has 96 valence electrons. The Morgan fingerprint density at radius 2 is 1.81 bits per heavy atom. The molecule has 1 atom stereocenters. The average molecular weight is 231 g/mol. The van der Waals surface area contributed by atoms with Crippen molar-refractivity contribution in [1.29, 1.82) is 0 Å². The molecule has 1 unspecified atom stereocenters. The van der Waals surface area contributed by atoms with Crippen molar-refractivity contribution in [2.75, 3.05) is 27.4 Å². The van der Waals surface area contributed by atoms with E-state index >= 15 is 0 Å². The smallest absolute Gasteiger partial charge is 0.251 e. The van der Waals surface area contributed by atoms with Crippen LogP contribution in [0.15, 0.2) is 0 Å². The summed E-state index contributed by atoms with van der Waals surface area (Å²) < 4.78 is 10.1. The van der Waals surface area contributed by atoms with Crippen LogP contribution in [0.5, 0.6) is 0 Å². The van der Waals surface area contributed by atoms with Crippen molar-refractivity contribution in [2.45, 2.75) is 45.8 Å². The summed E-state index contributed by atoms with van der Waals surface area (Å²) in [6.07, 6.45) is 1.54. The van der Waals surface area contributed by atoms with E-state index in [1.54, 1.807) is 21.1 Å². The van der Waals surface area contributed by atoms with Crippen LogP contribution in [0.25, 0.3) is 0 Å². The fraction of sp³-hybridized carbons (Fsp3) is 0.917. The number of rotatable bonds is 8. The van der Waals surface area contributed by atoms with Crippen molar-refractivity contribution in [3.63, 3.8) is 0 Å². The van der Waals surface area contributed by atoms with E-state index in [1.807, 2.05) is 4.90 Å². The van der Waals surface area contributed by atoms with Gasteiger partial charge in [0, 0.05) is 26.8 Å². The molecule has 0 radical (unpaired) electrons. The van der Waals surface area contributed by atoms with Gasteiger partial charge in [-0.2, -0.15) is 0 Å².